The zero-order valence-electron chi connectivity index (χ0n) is 17.5. The van der Waals surface area contributed by atoms with Gasteiger partial charge >= 0.3 is 0 Å². The van der Waals surface area contributed by atoms with E-state index in [4.69, 9.17) is 17.0 Å². The van der Waals surface area contributed by atoms with E-state index in [9.17, 15) is 9.59 Å². The number of nitrogens with one attached hydrogen (secondary N) is 1. The quantitative estimate of drug-likeness (QED) is 0.437. The fraction of sp³-hybridized carbons (Fsp3) is 0.208. The lowest BCUT2D eigenvalue weighted by Crippen LogP contribution is -2.29. The predicted octanol–water partition coefficient (Wildman–Crippen LogP) is 5.26. The van der Waals surface area contributed by atoms with Gasteiger partial charge in [-0.2, -0.15) is 0 Å². The molecule has 2 aromatic carbocycles. The number of thiocarbonyl (C=S) groups is 1. The third-order valence-corrected chi connectivity index (χ3v) is 5.97. The molecule has 31 heavy (non-hydrogen) atoms. The number of methoxy groups -OCH3 is 1. The molecule has 0 bridgehead atoms. The molecular formula is C24H24N2O3S2. The Morgan fingerprint density at radius 1 is 1.16 bits per heavy atom. The van der Waals surface area contributed by atoms with E-state index in [2.05, 4.69) is 5.32 Å². The molecule has 2 amide bonds. The van der Waals surface area contributed by atoms with E-state index < -0.39 is 0 Å². The van der Waals surface area contributed by atoms with E-state index in [1.165, 1.54) is 11.8 Å². The molecule has 1 aliphatic rings. The van der Waals surface area contributed by atoms with Crippen molar-refractivity contribution < 1.29 is 14.3 Å². The highest BCUT2D eigenvalue weighted by Gasteiger charge is 2.31. The molecule has 0 saturated carbocycles. The maximum absolute atomic E-state index is 12.8. The lowest BCUT2D eigenvalue weighted by Gasteiger charge is -2.14. The van der Waals surface area contributed by atoms with Gasteiger partial charge in [-0.25, -0.2) is 0 Å². The number of rotatable bonds is 8. The number of thioether (sulfide) groups is 1. The number of anilines is 1. The van der Waals surface area contributed by atoms with Crippen LogP contribution in [-0.4, -0.2) is 34.7 Å². The molecule has 0 aliphatic carbocycles. The highest BCUT2D eigenvalue weighted by Crippen LogP contribution is 2.32. The topological polar surface area (TPSA) is 58.6 Å². The SMILES string of the molecule is COc1ccccc1NC(=O)CCCN1C(=O)/C(=C/C(C)=C/c2ccccc2)SC1=S. The average Bonchev–Trinajstić information content (AvgIpc) is 3.02. The van der Waals surface area contributed by atoms with Crippen LogP contribution in [-0.2, 0) is 9.59 Å². The molecule has 0 radical (unpaired) electrons. The normalized spacial score (nSPS) is 15.5. The lowest BCUT2D eigenvalue weighted by atomic mass is 10.1. The van der Waals surface area contributed by atoms with Gasteiger partial charge in [0.15, 0.2) is 0 Å². The summed E-state index contributed by atoms with van der Waals surface area (Å²) in [4.78, 5) is 27.2. The van der Waals surface area contributed by atoms with Crippen LogP contribution in [0.15, 0.2) is 71.2 Å². The van der Waals surface area contributed by atoms with Crippen molar-refractivity contribution in [1.29, 1.82) is 0 Å². The Hall–Kier alpha value is -2.90. The molecule has 0 aromatic heterocycles. The maximum atomic E-state index is 12.8. The molecule has 0 atom stereocenters. The third kappa shape index (κ3) is 6.29. The summed E-state index contributed by atoms with van der Waals surface area (Å²) in [5.74, 6) is 0.366. The summed E-state index contributed by atoms with van der Waals surface area (Å²) in [6, 6.07) is 17.2. The van der Waals surface area contributed by atoms with Crippen LogP contribution in [0.1, 0.15) is 25.3 Å². The van der Waals surface area contributed by atoms with E-state index >= 15 is 0 Å². The first-order chi connectivity index (χ1) is 15.0. The number of amides is 2. The number of ether oxygens (including phenoxy) is 1. The van der Waals surface area contributed by atoms with Gasteiger partial charge in [-0.05, 0) is 42.7 Å². The highest BCUT2D eigenvalue weighted by atomic mass is 32.2. The Morgan fingerprint density at radius 2 is 1.87 bits per heavy atom. The van der Waals surface area contributed by atoms with Gasteiger partial charge in [0.1, 0.15) is 10.1 Å². The summed E-state index contributed by atoms with van der Waals surface area (Å²) in [6.45, 7) is 2.37. The van der Waals surface area contributed by atoms with Crippen LogP contribution in [0.25, 0.3) is 6.08 Å². The second-order valence-corrected chi connectivity index (χ2v) is 8.66. The van der Waals surface area contributed by atoms with Crippen molar-refractivity contribution in [2.75, 3.05) is 19.0 Å². The first kappa shape index (κ1) is 22.8. The molecule has 1 N–H and O–H groups in total. The Bertz CT molecular complexity index is 1030. The van der Waals surface area contributed by atoms with Crippen molar-refractivity contribution in [3.63, 3.8) is 0 Å². The lowest BCUT2D eigenvalue weighted by molar-refractivity contribution is -0.122. The second-order valence-electron chi connectivity index (χ2n) is 6.98. The fourth-order valence-corrected chi connectivity index (χ4v) is 4.47. The van der Waals surface area contributed by atoms with E-state index in [-0.39, 0.29) is 18.2 Å². The van der Waals surface area contributed by atoms with Crippen molar-refractivity contribution in [3.8, 4) is 5.75 Å². The van der Waals surface area contributed by atoms with Crippen molar-refractivity contribution in [2.45, 2.75) is 19.8 Å². The molecule has 7 heteroatoms. The van der Waals surface area contributed by atoms with E-state index in [0.29, 0.717) is 33.6 Å². The van der Waals surface area contributed by atoms with Crippen molar-refractivity contribution in [1.82, 2.24) is 4.90 Å². The minimum Gasteiger partial charge on any atom is -0.495 e. The van der Waals surface area contributed by atoms with Crippen LogP contribution in [0.2, 0.25) is 0 Å². The summed E-state index contributed by atoms with van der Waals surface area (Å²) in [5.41, 5.74) is 2.68. The number of nitrogens with zero attached hydrogens (tertiary/aromatic N) is 1. The van der Waals surface area contributed by atoms with Crippen LogP contribution in [0.4, 0.5) is 5.69 Å². The molecule has 3 rings (SSSR count). The van der Waals surface area contributed by atoms with Crippen LogP contribution >= 0.6 is 24.0 Å². The highest BCUT2D eigenvalue weighted by molar-refractivity contribution is 8.26. The summed E-state index contributed by atoms with van der Waals surface area (Å²) >= 11 is 6.68. The summed E-state index contributed by atoms with van der Waals surface area (Å²) in [7, 11) is 1.56. The van der Waals surface area contributed by atoms with Crippen LogP contribution < -0.4 is 10.1 Å². The van der Waals surface area contributed by atoms with Gasteiger partial charge < -0.3 is 10.1 Å². The molecule has 5 nitrogen and oxygen atoms in total. The first-order valence-electron chi connectivity index (χ1n) is 9.89. The largest absolute Gasteiger partial charge is 0.495 e. The number of hydrogen-bond donors (Lipinski definition) is 1. The smallest absolute Gasteiger partial charge is 0.266 e. The van der Waals surface area contributed by atoms with Gasteiger partial charge in [-0.1, -0.05) is 72.5 Å². The fourth-order valence-electron chi connectivity index (χ4n) is 3.11. The Labute approximate surface area is 192 Å². The monoisotopic (exact) mass is 452 g/mol. The molecule has 0 spiro atoms. The van der Waals surface area contributed by atoms with Gasteiger partial charge in [0, 0.05) is 13.0 Å². The molecular weight excluding hydrogens is 428 g/mol. The number of carbonyl (C=O) groups is 2. The van der Waals surface area contributed by atoms with Gasteiger partial charge in [0.2, 0.25) is 5.91 Å². The Balaban J connectivity index is 1.54. The van der Waals surface area contributed by atoms with Gasteiger partial charge in [-0.15, -0.1) is 0 Å². The standard InChI is InChI=1S/C24H24N2O3S2/c1-17(15-18-9-4-3-5-10-18)16-21-23(28)26(24(30)31-21)14-8-13-22(27)25-19-11-6-7-12-20(19)29-2/h3-7,9-12,15-16H,8,13-14H2,1-2H3,(H,25,27)/b17-15+,21-16-. The van der Waals surface area contributed by atoms with Gasteiger partial charge in [-0.3, -0.25) is 14.5 Å². The van der Waals surface area contributed by atoms with E-state index in [1.807, 2.05) is 61.5 Å². The molecule has 160 valence electrons. The van der Waals surface area contributed by atoms with E-state index in [0.717, 1.165) is 11.1 Å². The van der Waals surface area contributed by atoms with Crippen molar-refractivity contribution in [3.05, 3.63) is 76.7 Å². The summed E-state index contributed by atoms with van der Waals surface area (Å²) < 4.78 is 5.76. The molecule has 2 aromatic rings. The van der Waals surface area contributed by atoms with Crippen molar-refractivity contribution >= 4 is 51.9 Å². The Kier molecular flexibility index (Phi) is 8.03. The minimum absolute atomic E-state index is 0.110. The molecule has 1 aliphatic heterocycles. The molecule has 1 saturated heterocycles. The predicted molar refractivity (Wildman–Crippen MR) is 131 cm³/mol. The third-order valence-electron chi connectivity index (χ3n) is 4.59. The zero-order chi connectivity index (χ0) is 22.2. The van der Waals surface area contributed by atoms with Crippen molar-refractivity contribution in [2.24, 2.45) is 0 Å². The maximum Gasteiger partial charge on any atom is 0.266 e. The van der Waals surface area contributed by atoms with Crippen LogP contribution in [0, 0.1) is 0 Å². The Morgan fingerprint density at radius 3 is 2.61 bits per heavy atom. The number of hydrogen-bond acceptors (Lipinski definition) is 5. The minimum atomic E-state index is -0.132. The number of allylic oxidation sites excluding steroid dienone is 2. The zero-order valence-corrected chi connectivity index (χ0v) is 19.1. The number of para-hydroxylation sites is 2. The number of benzene rings is 2. The van der Waals surface area contributed by atoms with Crippen LogP contribution in [0.5, 0.6) is 5.75 Å². The molecule has 1 heterocycles. The summed E-state index contributed by atoms with van der Waals surface area (Å²) in [6.07, 6.45) is 4.68. The number of carbonyl (C=O) groups excluding carboxylic acids is 2. The summed E-state index contributed by atoms with van der Waals surface area (Å²) in [5, 5.41) is 2.84. The van der Waals surface area contributed by atoms with Crippen LogP contribution in [0.3, 0.4) is 0 Å². The first-order valence-corrected chi connectivity index (χ1v) is 11.1. The van der Waals surface area contributed by atoms with Gasteiger partial charge in [0.25, 0.3) is 5.91 Å². The average molecular weight is 453 g/mol. The van der Waals surface area contributed by atoms with E-state index in [1.54, 1.807) is 24.1 Å². The molecule has 0 unspecified atom stereocenters. The molecule has 1 fully saturated rings. The van der Waals surface area contributed by atoms with Gasteiger partial charge in [0.05, 0.1) is 17.7 Å². The second kappa shape index (κ2) is 10.9.